The Hall–Kier alpha value is 1.26. The topological polar surface area (TPSA) is 111 Å². The first-order chi connectivity index (χ1) is 73.0. The summed E-state index contributed by atoms with van der Waals surface area (Å²) >= 11 is 0. The Morgan fingerprint density at radius 2 is 0.115 bits per heavy atom. The lowest BCUT2D eigenvalue weighted by molar-refractivity contribution is -0.0314. The summed E-state index contributed by atoms with van der Waals surface area (Å²) in [6, 6.07) is 5.23. The highest BCUT2D eigenvalue weighted by molar-refractivity contribution is 7.03. The van der Waals surface area contributed by atoms with Gasteiger partial charge in [0.1, 0.15) is 0 Å². The van der Waals surface area contributed by atoms with Crippen LogP contribution in [0.25, 0.3) is 0 Å². The first kappa shape index (κ1) is 140. The van der Waals surface area contributed by atoms with Crippen LogP contribution in [0.1, 0.15) is 775 Å². The van der Waals surface area contributed by atoms with E-state index in [0.29, 0.717) is 48.4 Å². The molecule has 0 aliphatic carbocycles. The van der Waals surface area contributed by atoms with E-state index in [0.717, 1.165) is 103 Å². The van der Waals surface area contributed by atoms with Crippen molar-refractivity contribution in [3.8, 4) is 0 Å². The van der Waals surface area contributed by atoms with Crippen LogP contribution >= 0.6 is 0 Å². The van der Waals surface area contributed by atoms with Crippen LogP contribution in [0, 0.1) is 0 Å². The molecule has 6 aliphatic rings. The number of rotatable bonds is 120. The molecule has 0 atom stereocenters. The largest absolute Gasteiger partial charge is 0.478 e. The molecule has 0 spiro atoms. The van der Waals surface area contributed by atoms with Crippen molar-refractivity contribution in [1.82, 2.24) is 0 Å². The van der Waals surface area contributed by atoms with E-state index in [1.165, 1.54) is 616 Å². The second kappa shape index (κ2) is 97.9. The Labute approximate surface area is 935 Å². The van der Waals surface area contributed by atoms with E-state index in [9.17, 15) is 0 Å². The molecule has 0 radical (unpaired) electrons. The van der Waals surface area contributed by atoms with Gasteiger partial charge in [-0.1, -0.05) is 723 Å². The average Bonchev–Trinajstić information content (AvgIpc) is 0.684. The van der Waals surface area contributed by atoms with E-state index >= 15 is 0 Å². The zero-order chi connectivity index (χ0) is 105. The van der Waals surface area contributed by atoms with Gasteiger partial charge in [-0.3, -0.25) is 0 Å². The molecule has 6 aliphatic heterocycles. The fourth-order valence-corrected chi connectivity index (χ4v) is 75.9. The third-order valence-corrected chi connectivity index (χ3v) is 72.0. The van der Waals surface area contributed by atoms with E-state index in [-0.39, 0.29) is 0 Å². The predicted octanol–water partition coefficient (Wildman–Crippen LogP) is 47.6. The summed E-state index contributed by atoms with van der Waals surface area (Å²) in [6.45, 7) is 18.7. The summed E-state index contributed by atoms with van der Waals surface area (Å²) in [7, 11) is -33.1. The zero-order valence-corrected chi connectivity index (χ0v) is 110. The van der Waals surface area contributed by atoms with Crippen molar-refractivity contribution in [3.63, 3.8) is 0 Å². The molecule has 880 valence electrons. The molecule has 6 fully saturated rings. The molecule has 0 unspecified atom stereocenters. The van der Waals surface area contributed by atoms with Gasteiger partial charge < -0.3 is 49.4 Å². The van der Waals surface area contributed by atoms with Gasteiger partial charge in [0.25, 0.3) is 0 Å². The molecule has 0 N–H and O–H groups in total. The Balaban J connectivity index is 1.75. The summed E-state index contributed by atoms with van der Waals surface area (Å²) in [5.41, 5.74) is 0. The maximum absolute atomic E-state index is 8.93. The Morgan fingerprint density at radius 1 is 0.0676 bits per heavy atom. The van der Waals surface area contributed by atoms with E-state index in [1.807, 2.05) is 0 Å². The monoisotopic (exact) mass is 2220 g/mol. The number of unbranched alkanes of at least 4 members (excludes halogenated alkanes) is 104. The molecule has 8 bridgehead atoms. The van der Waals surface area contributed by atoms with Crippen LogP contribution in [0.4, 0.5) is 0 Å². The molecule has 0 amide bonds. The molecular formula is C128H264O12Si8. The third kappa shape index (κ3) is 71.9. The van der Waals surface area contributed by atoms with Crippen LogP contribution in [0.15, 0.2) is 0 Å². The minimum atomic E-state index is -4.14. The highest BCUT2D eigenvalue weighted by atomic mass is 28.6. The second-order valence-corrected chi connectivity index (χ2v) is 74.2. The molecular weight excluding hydrogens is 1950 g/mol. The van der Waals surface area contributed by atoms with Crippen molar-refractivity contribution in [2.45, 2.75) is 823 Å². The van der Waals surface area contributed by atoms with Crippen LogP contribution in [0.5, 0.6) is 0 Å². The average molecular weight is 2220 g/mol. The quantitative estimate of drug-likeness (QED) is 0.0427. The fraction of sp³-hybridized carbons (Fsp3) is 1.00. The molecule has 12 nitrogen and oxygen atoms in total. The molecule has 0 aromatic heterocycles. The number of hydrogen-bond acceptors (Lipinski definition) is 12. The summed E-state index contributed by atoms with van der Waals surface area (Å²) in [5, 5.41) is 0. The number of hydrogen-bond donors (Lipinski definition) is 0. The normalized spacial score (nSPS) is 22.2. The molecule has 6 rings (SSSR count). The molecule has 20 heteroatoms. The summed E-state index contributed by atoms with van der Waals surface area (Å²) in [6.07, 6.45) is 146. The minimum Gasteiger partial charge on any atom is -0.373 e. The highest BCUT2D eigenvalue weighted by Crippen LogP contribution is 2.56. The molecule has 6 saturated heterocycles. The van der Waals surface area contributed by atoms with Gasteiger partial charge in [0.15, 0.2) is 0 Å². The van der Waals surface area contributed by atoms with Crippen molar-refractivity contribution in [1.29, 1.82) is 0 Å². The first-order valence-electron chi connectivity index (χ1n) is 69.4. The molecule has 0 aromatic rings. The third-order valence-electron chi connectivity index (χ3n) is 34.4. The highest BCUT2D eigenvalue weighted by Gasteiger charge is 2.83. The van der Waals surface area contributed by atoms with Crippen molar-refractivity contribution in [2.75, 3.05) is 0 Å². The predicted molar refractivity (Wildman–Crippen MR) is 660 cm³/mol. The van der Waals surface area contributed by atoms with Crippen LogP contribution in [-0.4, -0.2) is 70.4 Å². The van der Waals surface area contributed by atoms with Crippen LogP contribution in [0.2, 0.25) is 48.4 Å². The Bertz CT molecular complexity index is 2180. The van der Waals surface area contributed by atoms with Crippen molar-refractivity contribution >= 4 is 70.4 Å². The van der Waals surface area contributed by atoms with Gasteiger partial charge in [0, 0.05) is 48.4 Å². The smallest absolute Gasteiger partial charge is 0.373 e. The van der Waals surface area contributed by atoms with Gasteiger partial charge in [0.2, 0.25) is 0 Å². The van der Waals surface area contributed by atoms with Crippen LogP contribution in [0.3, 0.4) is 0 Å². The van der Waals surface area contributed by atoms with Gasteiger partial charge >= 0.3 is 70.4 Å². The summed E-state index contributed by atoms with van der Waals surface area (Å²) in [4.78, 5) is 0. The maximum Gasteiger partial charge on any atom is 0.478 e. The van der Waals surface area contributed by atoms with Crippen LogP contribution < -0.4 is 0 Å². The van der Waals surface area contributed by atoms with Gasteiger partial charge in [-0.15, -0.1) is 0 Å². The van der Waals surface area contributed by atoms with Crippen molar-refractivity contribution in [3.05, 3.63) is 0 Å². The van der Waals surface area contributed by atoms with Crippen molar-refractivity contribution in [2.24, 2.45) is 0 Å². The zero-order valence-electron chi connectivity index (χ0n) is 102. The Kier molecular flexibility index (Phi) is 92.3. The molecule has 0 saturated carbocycles. The molecule has 6 heterocycles. The molecule has 148 heavy (non-hydrogen) atoms. The van der Waals surface area contributed by atoms with Gasteiger partial charge in [-0.05, 0) is 51.4 Å². The summed E-state index contributed by atoms with van der Waals surface area (Å²) < 4.78 is 107. The lowest BCUT2D eigenvalue weighted by Gasteiger charge is -2.63. The molecule has 0 aromatic carbocycles. The lowest BCUT2D eigenvalue weighted by Crippen LogP contribution is -2.88. The van der Waals surface area contributed by atoms with E-state index in [2.05, 4.69) is 55.4 Å². The van der Waals surface area contributed by atoms with Crippen LogP contribution in [-0.2, 0) is 49.4 Å². The van der Waals surface area contributed by atoms with E-state index in [4.69, 9.17) is 49.4 Å². The van der Waals surface area contributed by atoms with E-state index in [1.54, 1.807) is 0 Å². The second-order valence-electron chi connectivity index (χ2n) is 49.5. The lowest BCUT2D eigenvalue weighted by atomic mass is 10.0. The summed E-state index contributed by atoms with van der Waals surface area (Å²) in [5.74, 6) is 0. The van der Waals surface area contributed by atoms with Gasteiger partial charge in [0.05, 0.1) is 0 Å². The van der Waals surface area contributed by atoms with E-state index < -0.39 is 70.4 Å². The van der Waals surface area contributed by atoms with Gasteiger partial charge in [-0.25, -0.2) is 0 Å². The minimum absolute atomic E-state index is 0.653. The fourth-order valence-electron chi connectivity index (χ4n) is 24.9. The first-order valence-corrected chi connectivity index (χ1v) is 84.8. The van der Waals surface area contributed by atoms with Gasteiger partial charge in [-0.2, -0.15) is 0 Å². The maximum atomic E-state index is 8.93. The SMILES string of the molecule is CCCCCCCCCCCCCCCC[Si]12O[Si]3(CCCCCCCCCCCCCCCC)O[Si]4(CCCCCCCCCCCCCCCC)O[Si](CCCCCCCCCCCCCCCC)(O1)O[Si]1(CCCCCCCCCCCCCCCC)O[Si](CCCCCCCCCCCCCCCC)(O2)O[Si](CCCCCCCCCCCCCCCC)(O3)O[Si](CCCCCCCCCCCCCCCC)(O4)O1. The Morgan fingerprint density at radius 3 is 0.169 bits per heavy atom. The standard InChI is InChI=1S/C128H264O12Si8/c1-9-17-25-33-41-49-57-65-73-81-89-97-105-113-121-141-129-142(122-114-106-98-90-82-74-66-58-50-42-34-26-18-10-2)132-145(125-117-109-101-93-85-77-69-61-53-45-37-29-21-13-5)134-143(130-141,123-115-107-99-91-83-75-67-59-51-43-35-27-19-11-3)136-147(127-119-111-103-95-87-79-71-63-55-47-39-31-23-15-7)137-144(131-141,124-116-108-100-92-84-76-68-60-52-44-36-28-20-12-4)135-146(133-142,126-118-110-102-94-86-78-70-62-54-46-38-30-22-14-6)139-148(138-145,140-147)128-120-112-104-96-88-80-72-64-56-48-40-32-24-16-8/h9-128H2,1-8H3. The van der Waals surface area contributed by atoms with Crippen molar-refractivity contribution < 1.29 is 49.4 Å².